The molecule has 5 heteroatoms. The molecule has 1 atom stereocenters. The van der Waals surface area contributed by atoms with Gasteiger partial charge in [0.2, 0.25) is 0 Å². The van der Waals surface area contributed by atoms with Gasteiger partial charge < -0.3 is 14.2 Å². The Morgan fingerprint density at radius 3 is 2.42 bits per heavy atom. The molecule has 0 saturated carbocycles. The van der Waals surface area contributed by atoms with Crippen LogP contribution in [0, 0.1) is 5.41 Å². The van der Waals surface area contributed by atoms with Gasteiger partial charge in [0.1, 0.15) is 6.26 Å². The number of hydrogen-bond donors (Lipinski definition) is 0. The smallest absolute Gasteiger partial charge is 0.253 e. The minimum atomic E-state index is 0.120. The monoisotopic (exact) mass is 415 g/mol. The van der Waals surface area contributed by atoms with Crippen LogP contribution < -0.4 is 0 Å². The molecule has 31 heavy (non-hydrogen) atoms. The maximum Gasteiger partial charge on any atom is 0.253 e. The number of aromatic nitrogens is 1. The standard InChI is InChI=1S/C26H29N3O2/c30-25(22-9-5-2-6-10-22)29-16-12-26(13-17-29)20-28(15-11-21-7-3-1-4-8-21)19-23(26)24-27-14-18-31-24/h1-10,14,18,23H,11-13,15-17,19-20H2. The molecule has 2 aliphatic rings. The van der Waals surface area contributed by atoms with E-state index in [0.29, 0.717) is 0 Å². The van der Waals surface area contributed by atoms with E-state index in [9.17, 15) is 4.79 Å². The first-order chi connectivity index (χ1) is 15.2. The fourth-order valence-corrected chi connectivity index (χ4v) is 5.35. The van der Waals surface area contributed by atoms with Crippen molar-refractivity contribution in [2.24, 2.45) is 5.41 Å². The van der Waals surface area contributed by atoms with Crippen LogP contribution in [0.2, 0.25) is 0 Å². The van der Waals surface area contributed by atoms with E-state index in [4.69, 9.17) is 4.42 Å². The zero-order valence-corrected chi connectivity index (χ0v) is 17.8. The Labute approximate surface area is 183 Å². The van der Waals surface area contributed by atoms with Gasteiger partial charge in [-0.15, -0.1) is 0 Å². The van der Waals surface area contributed by atoms with Crippen LogP contribution in [-0.2, 0) is 6.42 Å². The molecular formula is C26H29N3O2. The topological polar surface area (TPSA) is 49.6 Å². The van der Waals surface area contributed by atoms with Gasteiger partial charge in [-0.25, -0.2) is 4.98 Å². The lowest BCUT2D eigenvalue weighted by Gasteiger charge is -2.42. The summed E-state index contributed by atoms with van der Waals surface area (Å²) in [5.41, 5.74) is 2.27. The van der Waals surface area contributed by atoms with Crippen molar-refractivity contribution in [3.8, 4) is 0 Å². The Morgan fingerprint density at radius 2 is 1.74 bits per heavy atom. The van der Waals surface area contributed by atoms with Crippen LogP contribution in [0.5, 0.6) is 0 Å². The molecule has 0 bridgehead atoms. The van der Waals surface area contributed by atoms with E-state index in [0.717, 1.165) is 63.4 Å². The third-order valence-electron chi connectivity index (χ3n) is 7.09. The molecule has 3 heterocycles. The number of amides is 1. The predicted octanol–water partition coefficient (Wildman–Crippen LogP) is 4.24. The van der Waals surface area contributed by atoms with E-state index >= 15 is 0 Å². The lowest BCUT2D eigenvalue weighted by atomic mass is 9.70. The highest BCUT2D eigenvalue weighted by Crippen LogP contribution is 2.49. The van der Waals surface area contributed by atoms with E-state index in [-0.39, 0.29) is 17.2 Å². The summed E-state index contributed by atoms with van der Waals surface area (Å²) in [7, 11) is 0. The van der Waals surface area contributed by atoms with Crippen LogP contribution in [0.4, 0.5) is 0 Å². The van der Waals surface area contributed by atoms with Crippen LogP contribution in [0.15, 0.2) is 77.5 Å². The van der Waals surface area contributed by atoms with Crippen LogP contribution in [0.1, 0.15) is 40.6 Å². The molecule has 5 nitrogen and oxygen atoms in total. The largest absolute Gasteiger partial charge is 0.449 e. The molecule has 1 spiro atoms. The van der Waals surface area contributed by atoms with Crippen molar-refractivity contribution in [1.29, 1.82) is 0 Å². The molecule has 0 aliphatic carbocycles. The summed E-state index contributed by atoms with van der Waals surface area (Å²) in [4.78, 5) is 22.0. The van der Waals surface area contributed by atoms with Gasteiger partial charge in [-0.3, -0.25) is 4.79 Å². The van der Waals surface area contributed by atoms with Gasteiger partial charge in [-0.1, -0.05) is 48.5 Å². The Balaban J connectivity index is 1.29. The van der Waals surface area contributed by atoms with E-state index in [2.05, 4.69) is 40.2 Å². The van der Waals surface area contributed by atoms with Gasteiger partial charge in [-0.05, 0) is 42.4 Å². The van der Waals surface area contributed by atoms with E-state index in [1.165, 1.54) is 5.56 Å². The lowest BCUT2D eigenvalue weighted by molar-refractivity contribution is 0.0548. The Kier molecular flexibility index (Phi) is 5.60. The van der Waals surface area contributed by atoms with Gasteiger partial charge in [0.25, 0.3) is 5.91 Å². The van der Waals surface area contributed by atoms with Gasteiger partial charge in [0.05, 0.1) is 12.1 Å². The van der Waals surface area contributed by atoms with Crippen molar-refractivity contribution in [2.45, 2.75) is 25.2 Å². The fourth-order valence-electron chi connectivity index (χ4n) is 5.35. The normalized spacial score (nSPS) is 20.9. The Bertz CT molecular complexity index is 980. The van der Waals surface area contributed by atoms with Crippen LogP contribution in [-0.4, -0.2) is 53.4 Å². The number of likely N-dealkylation sites (tertiary alicyclic amines) is 2. The molecule has 1 unspecified atom stereocenters. The molecule has 2 aromatic carbocycles. The number of oxazole rings is 1. The second-order valence-corrected chi connectivity index (χ2v) is 8.91. The zero-order valence-electron chi connectivity index (χ0n) is 17.8. The number of piperidine rings is 1. The number of hydrogen-bond acceptors (Lipinski definition) is 4. The molecule has 160 valence electrons. The maximum absolute atomic E-state index is 12.9. The number of carbonyl (C=O) groups is 1. The lowest BCUT2D eigenvalue weighted by Crippen LogP contribution is -2.46. The Hall–Kier alpha value is -2.92. The molecule has 2 fully saturated rings. The van der Waals surface area contributed by atoms with Crippen molar-refractivity contribution in [1.82, 2.24) is 14.8 Å². The third kappa shape index (κ3) is 4.15. The summed E-state index contributed by atoms with van der Waals surface area (Å²) < 4.78 is 5.78. The predicted molar refractivity (Wildman–Crippen MR) is 120 cm³/mol. The molecule has 2 saturated heterocycles. The zero-order chi connectivity index (χ0) is 21.1. The molecule has 0 radical (unpaired) electrons. The summed E-state index contributed by atoms with van der Waals surface area (Å²) in [5.74, 6) is 1.28. The quantitative estimate of drug-likeness (QED) is 0.625. The van der Waals surface area contributed by atoms with Gasteiger partial charge in [-0.2, -0.15) is 0 Å². The fraction of sp³-hybridized carbons (Fsp3) is 0.385. The highest BCUT2D eigenvalue weighted by atomic mass is 16.3. The summed E-state index contributed by atoms with van der Waals surface area (Å²) >= 11 is 0. The SMILES string of the molecule is O=C(c1ccccc1)N1CCC2(CC1)CN(CCc1ccccc1)CC2c1ncco1. The van der Waals surface area contributed by atoms with Crippen molar-refractivity contribution in [3.05, 3.63) is 90.1 Å². The third-order valence-corrected chi connectivity index (χ3v) is 7.09. The molecule has 5 rings (SSSR count). The first-order valence-electron chi connectivity index (χ1n) is 11.2. The van der Waals surface area contributed by atoms with E-state index < -0.39 is 0 Å². The average Bonchev–Trinajstić information content (AvgIpc) is 3.47. The first-order valence-corrected chi connectivity index (χ1v) is 11.2. The van der Waals surface area contributed by atoms with Crippen molar-refractivity contribution < 1.29 is 9.21 Å². The van der Waals surface area contributed by atoms with E-state index in [1.54, 1.807) is 12.5 Å². The second-order valence-electron chi connectivity index (χ2n) is 8.91. The van der Waals surface area contributed by atoms with E-state index in [1.807, 2.05) is 35.2 Å². The van der Waals surface area contributed by atoms with Crippen molar-refractivity contribution in [3.63, 3.8) is 0 Å². The molecular weight excluding hydrogens is 386 g/mol. The van der Waals surface area contributed by atoms with Gasteiger partial charge in [0.15, 0.2) is 5.89 Å². The maximum atomic E-state index is 12.9. The summed E-state index contributed by atoms with van der Waals surface area (Å²) in [6.45, 7) is 4.63. The summed E-state index contributed by atoms with van der Waals surface area (Å²) in [6.07, 6.45) is 6.46. The number of carbonyl (C=O) groups excluding carboxylic acids is 1. The highest BCUT2D eigenvalue weighted by Gasteiger charge is 2.50. The molecule has 3 aromatic rings. The number of benzene rings is 2. The van der Waals surface area contributed by atoms with Crippen LogP contribution in [0.3, 0.4) is 0 Å². The minimum absolute atomic E-state index is 0.120. The number of nitrogens with zero attached hydrogens (tertiary/aromatic N) is 3. The Morgan fingerprint density at radius 1 is 1.03 bits per heavy atom. The molecule has 1 aromatic heterocycles. The summed E-state index contributed by atoms with van der Waals surface area (Å²) in [6, 6.07) is 20.3. The second kappa shape index (κ2) is 8.67. The van der Waals surface area contributed by atoms with Crippen LogP contribution >= 0.6 is 0 Å². The molecule has 0 N–H and O–H groups in total. The molecule has 1 amide bonds. The van der Waals surface area contributed by atoms with Crippen molar-refractivity contribution in [2.75, 3.05) is 32.7 Å². The minimum Gasteiger partial charge on any atom is -0.449 e. The average molecular weight is 416 g/mol. The van der Waals surface area contributed by atoms with Crippen LogP contribution in [0.25, 0.3) is 0 Å². The van der Waals surface area contributed by atoms with Crippen molar-refractivity contribution >= 4 is 5.91 Å². The first kappa shape index (κ1) is 20.0. The molecule has 2 aliphatic heterocycles. The number of rotatable bonds is 5. The van der Waals surface area contributed by atoms with Gasteiger partial charge in [0, 0.05) is 38.3 Å². The summed E-state index contributed by atoms with van der Waals surface area (Å²) in [5, 5.41) is 0. The highest BCUT2D eigenvalue weighted by molar-refractivity contribution is 5.94. The van der Waals surface area contributed by atoms with Gasteiger partial charge >= 0.3 is 0 Å².